The SMILES string of the molecule is Cc1[nH]nc(NC(=O)CC(C)CN)c1C. The summed E-state index contributed by atoms with van der Waals surface area (Å²) in [6, 6.07) is 0. The Morgan fingerprint density at radius 2 is 2.27 bits per heavy atom. The third-order valence-electron chi connectivity index (χ3n) is 2.45. The van der Waals surface area contributed by atoms with Gasteiger partial charge in [0.1, 0.15) is 0 Å². The molecule has 0 aliphatic carbocycles. The van der Waals surface area contributed by atoms with Gasteiger partial charge in [0.15, 0.2) is 5.82 Å². The molecule has 1 atom stereocenters. The Morgan fingerprint density at radius 1 is 1.60 bits per heavy atom. The molecule has 15 heavy (non-hydrogen) atoms. The van der Waals surface area contributed by atoms with Crippen molar-refractivity contribution in [2.24, 2.45) is 11.7 Å². The van der Waals surface area contributed by atoms with Gasteiger partial charge in [-0.2, -0.15) is 5.10 Å². The number of hydrogen-bond donors (Lipinski definition) is 3. The third kappa shape index (κ3) is 3.06. The highest BCUT2D eigenvalue weighted by Gasteiger charge is 2.11. The van der Waals surface area contributed by atoms with Gasteiger partial charge in [0, 0.05) is 17.7 Å². The highest BCUT2D eigenvalue weighted by Crippen LogP contribution is 2.14. The van der Waals surface area contributed by atoms with Crippen LogP contribution in [0.1, 0.15) is 24.6 Å². The van der Waals surface area contributed by atoms with Crippen molar-refractivity contribution in [1.82, 2.24) is 10.2 Å². The van der Waals surface area contributed by atoms with Crippen LogP contribution in [0.3, 0.4) is 0 Å². The molecule has 0 aliphatic rings. The first-order valence-electron chi connectivity index (χ1n) is 5.06. The van der Waals surface area contributed by atoms with E-state index in [1.165, 1.54) is 0 Å². The summed E-state index contributed by atoms with van der Waals surface area (Å²) in [4.78, 5) is 11.5. The van der Waals surface area contributed by atoms with Gasteiger partial charge in [0.2, 0.25) is 5.91 Å². The van der Waals surface area contributed by atoms with Crippen LogP contribution >= 0.6 is 0 Å². The smallest absolute Gasteiger partial charge is 0.225 e. The van der Waals surface area contributed by atoms with Crippen molar-refractivity contribution >= 4 is 11.7 Å². The van der Waals surface area contributed by atoms with Crippen LogP contribution < -0.4 is 11.1 Å². The van der Waals surface area contributed by atoms with E-state index in [-0.39, 0.29) is 11.8 Å². The number of aromatic amines is 1. The summed E-state index contributed by atoms with van der Waals surface area (Å²) in [5.74, 6) is 0.773. The summed E-state index contributed by atoms with van der Waals surface area (Å²) in [7, 11) is 0. The quantitative estimate of drug-likeness (QED) is 0.691. The van der Waals surface area contributed by atoms with E-state index in [0.29, 0.717) is 18.8 Å². The van der Waals surface area contributed by atoms with Crippen LogP contribution in [-0.2, 0) is 4.79 Å². The number of aromatic nitrogens is 2. The second-order valence-corrected chi connectivity index (χ2v) is 3.92. The zero-order chi connectivity index (χ0) is 11.4. The maximum Gasteiger partial charge on any atom is 0.225 e. The predicted molar refractivity (Wildman–Crippen MR) is 59.5 cm³/mol. The lowest BCUT2D eigenvalue weighted by atomic mass is 10.1. The number of carbonyl (C=O) groups excluding carboxylic acids is 1. The molecule has 1 rings (SSSR count). The monoisotopic (exact) mass is 210 g/mol. The lowest BCUT2D eigenvalue weighted by molar-refractivity contribution is -0.116. The molecule has 1 unspecified atom stereocenters. The van der Waals surface area contributed by atoms with E-state index in [1.807, 2.05) is 20.8 Å². The van der Waals surface area contributed by atoms with Crippen LogP contribution in [0.4, 0.5) is 5.82 Å². The molecular formula is C10H18N4O. The molecule has 0 spiro atoms. The highest BCUT2D eigenvalue weighted by molar-refractivity contribution is 5.90. The molecule has 5 nitrogen and oxygen atoms in total. The second kappa shape index (κ2) is 4.93. The number of anilines is 1. The minimum absolute atomic E-state index is 0.0393. The Morgan fingerprint density at radius 3 is 2.73 bits per heavy atom. The molecule has 1 aromatic rings. The van der Waals surface area contributed by atoms with Gasteiger partial charge in [-0.25, -0.2) is 0 Å². The van der Waals surface area contributed by atoms with E-state index >= 15 is 0 Å². The minimum Gasteiger partial charge on any atom is -0.330 e. The lowest BCUT2D eigenvalue weighted by Gasteiger charge is -2.07. The average molecular weight is 210 g/mol. The fourth-order valence-corrected chi connectivity index (χ4v) is 1.19. The first-order chi connectivity index (χ1) is 7.04. The van der Waals surface area contributed by atoms with Gasteiger partial charge in [-0.05, 0) is 26.3 Å². The van der Waals surface area contributed by atoms with Crippen LogP contribution in [0.5, 0.6) is 0 Å². The minimum atomic E-state index is -0.0393. The average Bonchev–Trinajstić information content (AvgIpc) is 2.49. The molecule has 0 saturated carbocycles. The predicted octanol–water partition coefficient (Wildman–Crippen LogP) is 0.950. The molecule has 1 heterocycles. The van der Waals surface area contributed by atoms with Gasteiger partial charge in [0.05, 0.1) is 0 Å². The van der Waals surface area contributed by atoms with Crippen molar-refractivity contribution < 1.29 is 4.79 Å². The Bertz CT molecular complexity index is 345. The van der Waals surface area contributed by atoms with Crippen LogP contribution in [0.2, 0.25) is 0 Å². The van der Waals surface area contributed by atoms with E-state index in [2.05, 4.69) is 15.5 Å². The standard InChI is InChI=1S/C10H18N4O/c1-6(5-11)4-9(15)12-10-7(2)8(3)13-14-10/h6H,4-5,11H2,1-3H3,(H2,12,13,14,15). The fraction of sp³-hybridized carbons (Fsp3) is 0.600. The van der Waals surface area contributed by atoms with Crippen LogP contribution in [-0.4, -0.2) is 22.6 Å². The normalized spacial score (nSPS) is 12.5. The summed E-state index contributed by atoms with van der Waals surface area (Å²) in [5, 5.41) is 9.58. The first kappa shape index (κ1) is 11.7. The number of amides is 1. The molecule has 5 heteroatoms. The van der Waals surface area contributed by atoms with Crippen molar-refractivity contribution in [2.45, 2.75) is 27.2 Å². The van der Waals surface area contributed by atoms with E-state index in [9.17, 15) is 4.79 Å². The number of carbonyl (C=O) groups is 1. The third-order valence-corrected chi connectivity index (χ3v) is 2.45. The van der Waals surface area contributed by atoms with Crippen molar-refractivity contribution in [2.75, 3.05) is 11.9 Å². The van der Waals surface area contributed by atoms with Crippen LogP contribution in [0.25, 0.3) is 0 Å². The Kier molecular flexibility index (Phi) is 3.85. The fourth-order valence-electron chi connectivity index (χ4n) is 1.19. The topological polar surface area (TPSA) is 83.8 Å². The van der Waals surface area contributed by atoms with E-state index in [1.54, 1.807) is 0 Å². The van der Waals surface area contributed by atoms with Gasteiger partial charge in [-0.1, -0.05) is 6.92 Å². The van der Waals surface area contributed by atoms with Gasteiger partial charge >= 0.3 is 0 Å². The molecule has 4 N–H and O–H groups in total. The number of nitrogens with one attached hydrogen (secondary N) is 2. The van der Waals surface area contributed by atoms with Crippen molar-refractivity contribution in [3.8, 4) is 0 Å². The zero-order valence-electron chi connectivity index (χ0n) is 9.42. The lowest BCUT2D eigenvalue weighted by Crippen LogP contribution is -2.20. The Balaban J connectivity index is 2.55. The highest BCUT2D eigenvalue weighted by atomic mass is 16.1. The second-order valence-electron chi connectivity index (χ2n) is 3.92. The summed E-state index contributed by atoms with van der Waals surface area (Å²) < 4.78 is 0. The van der Waals surface area contributed by atoms with Crippen LogP contribution in [0, 0.1) is 19.8 Å². The number of nitrogens with zero attached hydrogens (tertiary/aromatic N) is 1. The molecule has 0 fully saturated rings. The maximum atomic E-state index is 11.5. The van der Waals surface area contributed by atoms with Crippen molar-refractivity contribution in [3.63, 3.8) is 0 Å². The van der Waals surface area contributed by atoms with E-state index < -0.39 is 0 Å². The zero-order valence-corrected chi connectivity index (χ0v) is 9.42. The summed E-state index contributed by atoms with van der Waals surface area (Å²) in [6.07, 6.45) is 0.432. The van der Waals surface area contributed by atoms with Gasteiger partial charge in [-0.3, -0.25) is 9.89 Å². The summed E-state index contributed by atoms with van der Waals surface area (Å²) >= 11 is 0. The van der Waals surface area contributed by atoms with Gasteiger partial charge in [-0.15, -0.1) is 0 Å². The number of aryl methyl sites for hydroxylation is 1. The summed E-state index contributed by atoms with van der Waals surface area (Å²) in [5.41, 5.74) is 7.39. The molecule has 1 aromatic heterocycles. The molecule has 0 aliphatic heterocycles. The van der Waals surface area contributed by atoms with Crippen LogP contribution in [0.15, 0.2) is 0 Å². The number of rotatable bonds is 4. The maximum absolute atomic E-state index is 11.5. The number of nitrogens with two attached hydrogens (primary N) is 1. The summed E-state index contributed by atoms with van der Waals surface area (Å²) in [6.45, 7) is 6.30. The van der Waals surface area contributed by atoms with E-state index in [0.717, 1.165) is 11.3 Å². The molecule has 1 amide bonds. The largest absolute Gasteiger partial charge is 0.330 e. The molecule has 0 radical (unpaired) electrons. The Hall–Kier alpha value is -1.36. The molecule has 0 aromatic carbocycles. The van der Waals surface area contributed by atoms with E-state index in [4.69, 9.17) is 5.73 Å². The van der Waals surface area contributed by atoms with Gasteiger partial charge < -0.3 is 11.1 Å². The first-order valence-corrected chi connectivity index (χ1v) is 5.06. The number of H-pyrrole nitrogens is 1. The molecule has 84 valence electrons. The molecular weight excluding hydrogens is 192 g/mol. The van der Waals surface area contributed by atoms with Crippen molar-refractivity contribution in [1.29, 1.82) is 0 Å². The van der Waals surface area contributed by atoms with Crippen molar-refractivity contribution in [3.05, 3.63) is 11.3 Å². The molecule has 0 bridgehead atoms. The molecule has 0 saturated heterocycles. The Labute approximate surface area is 89.4 Å². The van der Waals surface area contributed by atoms with Gasteiger partial charge in [0.25, 0.3) is 0 Å². The number of hydrogen-bond acceptors (Lipinski definition) is 3.